The van der Waals surface area contributed by atoms with Crippen molar-refractivity contribution in [1.82, 2.24) is 21.3 Å². The fraction of sp³-hybridized carbons (Fsp3) is 0.500. The second kappa shape index (κ2) is 16.4. The first kappa shape index (κ1) is 20.4. The van der Waals surface area contributed by atoms with Crippen molar-refractivity contribution in [3.63, 3.8) is 0 Å². The molecule has 0 heterocycles. The van der Waals surface area contributed by atoms with E-state index in [2.05, 4.69) is 28.3 Å². The van der Waals surface area contributed by atoms with Gasteiger partial charge >= 0.3 is 6.03 Å². The largest absolute Gasteiger partial charge is 0.490 e. The summed E-state index contributed by atoms with van der Waals surface area (Å²) >= 11 is 0. The zero-order chi connectivity index (χ0) is 12.1. The number of rotatable bonds is 3. The van der Waals surface area contributed by atoms with Gasteiger partial charge in [0.1, 0.15) is 0 Å². The molecule has 9 nitrogen and oxygen atoms in total. The number of nitrogens with zero attached hydrogens (tertiary/aromatic N) is 3. The van der Waals surface area contributed by atoms with E-state index in [0.717, 1.165) is 0 Å². The molecule has 0 aromatic heterocycles. The molecule has 0 rings (SSSR count). The number of carbonyl (C=O) groups is 2. The van der Waals surface area contributed by atoms with Crippen LogP contribution in [0, 0.1) is 7.05 Å². The average molecular weight is 304 g/mol. The summed E-state index contributed by atoms with van der Waals surface area (Å²) in [5.41, 5.74) is 13.5. The van der Waals surface area contributed by atoms with Crippen LogP contribution in [0.25, 0.3) is 16.0 Å². The van der Waals surface area contributed by atoms with Gasteiger partial charge in [-0.15, -0.1) is 0 Å². The standard InChI is InChI=1S/C6H13N4O2.N3.Y/c1-3-8-6(12)10-4-9-5(11)7-2;1-3-2;/h2-4H2,1H3,(H2,7,9,11)(H2,8,10,12);;/q2*-1;. The van der Waals surface area contributed by atoms with Gasteiger partial charge in [-0.3, -0.25) is 16.8 Å². The first-order valence-corrected chi connectivity index (χ1v) is 3.93. The van der Waals surface area contributed by atoms with Crippen molar-refractivity contribution in [3.8, 4) is 0 Å². The number of carbonyl (C=O) groups excluding carboxylic acids is 2. The minimum atomic E-state index is -0.438. The van der Waals surface area contributed by atoms with Crippen molar-refractivity contribution in [2.75, 3.05) is 13.2 Å². The summed E-state index contributed by atoms with van der Waals surface area (Å²) in [4.78, 5) is 22.7. The van der Waals surface area contributed by atoms with Crippen LogP contribution in [-0.2, 0) is 32.7 Å². The first-order valence-electron chi connectivity index (χ1n) is 3.93. The van der Waals surface area contributed by atoms with Crippen LogP contribution in [0.2, 0.25) is 0 Å². The summed E-state index contributed by atoms with van der Waals surface area (Å²) in [6, 6.07) is -0.756. The summed E-state index contributed by atoms with van der Waals surface area (Å²) in [7, 11) is 3.13. The number of nitrogens with one attached hydrogen (secondary N) is 4. The molecule has 0 aromatic carbocycles. The topological polar surface area (TPSA) is 141 Å². The molecule has 0 aliphatic heterocycles. The molecule has 10 heteroatoms. The SMILES string of the molecule is [CH2-]NC(=O)NCNC(=O)NCC.[N-]=[N+]=[N-].[Y]. The van der Waals surface area contributed by atoms with Gasteiger partial charge in [0.25, 0.3) is 6.03 Å². The van der Waals surface area contributed by atoms with Gasteiger partial charge in [0.05, 0.1) is 6.67 Å². The number of hydrogen-bond acceptors (Lipinski definition) is 2. The maximum absolute atomic E-state index is 10.7. The van der Waals surface area contributed by atoms with Gasteiger partial charge in [-0.2, -0.15) is 0 Å². The molecule has 0 spiro atoms. The van der Waals surface area contributed by atoms with Crippen LogP contribution in [0.1, 0.15) is 6.92 Å². The monoisotopic (exact) mass is 304 g/mol. The van der Waals surface area contributed by atoms with E-state index in [9.17, 15) is 9.59 Å². The molecule has 0 aromatic rings. The molecule has 16 heavy (non-hydrogen) atoms. The maximum atomic E-state index is 10.7. The van der Waals surface area contributed by atoms with Crippen LogP contribution in [0.5, 0.6) is 0 Å². The minimum absolute atomic E-state index is 0. The van der Waals surface area contributed by atoms with Crippen molar-refractivity contribution >= 4 is 12.1 Å². The van der Waals surface area contributed by atoms with E-state index >= 15 is 0 Å². The van der Waals surface area contributed by atoms with Crippen molar-refractivity contribution in [2.24, 2.45) is 0 Å². The van der Waals surface area contributed by atoms with E-state index in [-0.39, 0.29) is 45.4 Å². The first-order chi connectivity index (χ1) is 7.12. The predicted octanol–water partition coefficient (Wildman–Crippen LogP) is 0.217. The van der Waals surface area contributed by atoms with Gasteiger partial charge in [-0.05, 0) is 6.92 Å². The Morgan fingerprint density at radius 2 is 1.62 bits per heavy atom. The third-order valence-corrected chi connectivity index (χ3v) is 0.996. The van der Waals surface area contributed by atoms with Gasteiger partial charge in [0.2, 0.25) is 0 Å². The Hall–Kier alpha value is -1.05. The fourth-order valence-electron chi connectivity index (χ4n) is 0.490. The van der Waals surface area contributed by atoms with Gasteiger partial charge < -0.3 is 32.3 Å². The Bertz CT molecular complexity index is 229. The molecule has 89 valence electrons. The second-order valence-electron chi connectivity index (χ2n) is 1.99. The van der Waals surface area contributed by atoms with Gasteiger partial charge in [-0.25, -0.2) is 4.79 Å². The normalized spacial score (nSPS) is 6.88. The van der Waals surface area contributed by atoms with Crippen molar-refractivity contribution < 1.29 is 42.3 Å². The third-order valence-electron chi connectivity index (χ3n) is 0.996. The van der Waals surface area contributed by atoms with Gasteiger partial charge in [0, 0.05) is 39.3 Å². The van der Waals surface area contributed by atoms with Crippen LogP contribution >= 0.6 is 0 Å². The van der Waals surface area contributed by atoms with E-state index in [1.165, 1.54) is 4.91 Å². The summed E-state index contributed by atoms with van der Waals surface area (Å²) in [6.45, 7) is 2.43. The maximum Gasteiger partial charge on any atom is 0.316 e. The quantitative estimate of drug-likeness (QED) is 0.195. The zero-order valence-electron chi connectivity index (χ0n) is 8.86. The predicted molar refractivity (Wildman–Crippen MR) is 54.2 cm³/mol. The minimum Gasteiger partial charge on any atom is -0.490 e. The molecule has 0 saturated heterocycles. The van der Waals surface area contributed by atoms with Gasteiger partial charge in [0.15, 0.2) is 0 Å². The molecule has 4 amide bonds. The number of urea groups is 2. The van der Waals surface area contributed by atoms with Crippen LogP contribution in [0.3, 0.4) is 0 Å². The van der Waals surface area contributed by atoms with E-state index in [1.807, 2.05) is 0 Å². The second-order valence-corrected chi connectivity index (χ2v) is 1.99. The van der Waals surface area contributed by atoms with Crippen molar-refractivity contribution in [1.29, 1.82) is 0 Å². The zero-order valence-corrected chi connectivity index (χ0v) is 11.7. The molecule has 0 fully saturated rings. The molecule has 0 atom stereocenters. The summed E-state index contributed by atoms with van der Waals surface area (Å²) in [5.74, 6) is 0. The van der Waals surface area contributed by atoms with Crippen molar-refractivity contribution in [3.05, 3.63) is 23.0 Å². The molecule has 0 aliphatic rings. The fourth-order valence-corrected chi connectivity index (χ4v) is 0.490. The molecule has 0 unspecified atom stereocenters. The molecular weight excluding hydrogens is 291 g/mol. The Kier molecular flexibility index (Phi) is 20.9. The smallest absolute Gasteiger partial charge is 0.316 e. The van der Waals surface area contributed by atoms with Crippen LogP contribution in [-0.4, -0.2) is 25.3 Å². The Morgan fingerprint density at radius 1 is 1.19 bits per heavy atom. The third kappa shape index (κ3) is 18.7. The Labute approximate surface area is 118 Å². The molecule has 4 N–H and O–H groups in total. The van der Waals surface area contributed by atoms with E-state index < -0.39 is 6.03 Å². The van der Waals surface area contributed by atoms with E-state index in [4.69, 9.17) is 11.1 Å². The summed E-state index contributed by atoms with van der Waals surface area (Å²) < 4.78 is 0. The van der Waals surface area contributed by atoms with Crippen LogP contribution < -0.4 is 21.3 Å². The summed E-state index contributed by atoms with van der Waals surface area (Å²) in [5, 5.41) is 9.34. The molecule has 0 aliphatic carbocycles. The number of amides is 4. The van der Waals surface area contributed by atoms with E-state index in [0.29, 0.717) is 6.54 Å². The average Bonchev–Trinajstić information content (AvgIpc) is 2.19. The molecule has 0 bridgehead atoms. The Balaban J connectivity index is -0.000000377. The molecular formula is C6H13N7O2Y-2. The summed E-state index contributed by atoms with van der Waals surface area (Å²) in [6.07, 6.45) is 0. The van der Waals surface area contributed by atoms with Crippen molar-refractivity contribution in [2.45, 2.75) is 6.92 Å². The molecule has 0 saturated carbocycles. The van der Waals surface area contributed by atoms with E-state index in [1.54, 1.807) is 6.92 Å². The van der Waals surface area contributed by atoms with Crippen LogP contribution in [0.4, 0.5) is 9.59 Å². The Morgan fingerprint density at radius 3 is 2.00 bits per heavy atom. The van der Waals surface area contributed by atoms with Gasteiger partial charge in [-0.1, -0.05) is 0 Å². The van der Waals surface area contributed by atoms with Crippen LogP contribution in [0.15, 0.2) is 0 Å². The number of hydrogen-bond donors (Lipinski definition) is 4. The molecule has 1 radical (unpaired) electrons.